The number of halogens is 3. The Labute approximate surface area is 118 Å². The second kappa shape index (κ2) is 6.42. The number of nitrogens with one attached hydrogen (secondary N) is 1. The Morgan fingerprint density at radius 1 is 1.48 bits per heavy atom. The lowest BCUT2D eigenvalue weighted by atomic mass is 10.1. The Hall–Kier alpha value is -2.32. The number of nitrogen functional groups attached to an aromatic ring is 1. The fourth-order valence-corrected chi connectivity index (χ4v) is 1.69. The molecule has 0 radical (unpaired) electrons. The molecule has 0 aromatic heterocycles. The van der Waals surface area contributed by atoms with E-state index in [1.54, 1.807) is 0 Å². The molecule has 1 unspecified atom stereocenters. The lowest BCUT2D eigenvalue weighted by Crippen LogP contribution is -2.38. The van der Waals surface area contributed by atoms with Crippen LogP contribution in [0.5, 0.6) is 0 Å². The van der Waals surface area contributed by atoms with Crippen molar-refractivity contribution < 1.29 is 22.9 Å². The third-order valence-corrected chi connectivity index (χ3v) is 2.80. The Kier molecular flexibility index (Phi) is 5.12. The van der Waals surface area contributed by atoms with E-state index in [-0.39, 0.29) is 23.4 Å². The molecule has 1 aromatic rings. The van der Waals surface area contributed by atoms with Crippen molar-refractivity contribution >= 4 is 17.3 Å². The average Bonchev–Trinajstić information content (AvgIpc) is 2.36. The molecule has 6 nitrogen and oxygen atoms in total. The number of hydrogen-bond acceptors (Lipinski definition) is 4. The summed E-state index contributed by atoms with van der Waals surface area (Å²) >= 11 is 0. The van der Waals surface area contributed by atoms with Gasteiger partial charge in [0.2, 0.25) is 0 Å². The van der Waals surface area contributed by atoms with E-state index in [1.165, 1.54) is 6.92 Å². The number of carbonyl (C=O) groups is 1. The highest BCUT2D eigenvalue weighted by molar-refractivity contribution is 5.99. The summed E-state index contributed by atoms with van der Waals surface area (Å²) in [6.45, 7) is 1.49. The summed E-state index contributed by atoms with van der Waals surface area (Å²) in [5.41, 5.74) is 4.91. The van der Waals surface area contributed by atoms with Crippen molar-refractivity contribution in [3.8, 4) is 0 Å². The second-order valence-electron chi connectivity index (χ2n) is 4.43. The van der Waals surface area contributed by atoms with Crippen LogP contribution < -0.4 is 11.1 Å². The monoisotopic (exact) mass is 305 g/mol. The van der Waals surface area contributed by atoms with Crippen molar-refractivity contribution in [1.29, 1.82) is 0 Å². The summed E-state index contributed by atoms with van der Waals surface area (Å²) in [6.07, 6.45) is -5.52. The lowest BCUT2D eigenvalue weighted by molar-refractivity contribution is -0.384. The molecule has 0 aliphatic heterocycles. The summed E-state index contributed by atoms with van der Waals surface area (Å²) < 4.78 is 37.0. The van der Waals surface area contributed by atoms with E-state index in [1.807, 2.05) is 0 Å². The first-order valence-corrected chi connectivity index (χ1v) is 6.05. The lowest BCUT2D eigenvalue weighted by Gasteiger charge is -2.19. The number of nitro benzene ring substituents is 1. The molecule has 0 spiro atoms. The van der Waals surface area contributed by atoms with Crippen LogP contribution in [0.1, 0.15) is 30.1 Å². The molecular weight excluding hydrogens is 291 g/mol. The van der Waals surface area contributed by atoms with Gasteiger partial charge in [0.05, 0.1) is 16.9 Å². The van der Waals surface area contributed by atoms with Crippen LogP contribution in [0.4, 0.5) is 24.5 Å². The molecule has 0 saturated heterocycles. The van der Waals surface area contributed by atoms with E-state index < -0.39 is 29.5 Å². The van der Waals surface area contributed by atoms with Crippen molar-refractivity contribution in [3.05, 3.63) is 33.9 Å². The molecule has 1 amide bonds. The van der Waals surface area contributed by atoms with Gasteiger partial charge in [-0.3, -0.25) is 14.9 Å². The first kappa shape index (κ1) is 16.7. The number of non-ortho nitro benzene ring substituents is 1. The van der Waals surface area contributed by atoms with Crippen LogP contribution >= 0.6 is 0 Å². The van der Waals surface area contributed by atoms with E-state index in [0.29, 0.717) is 0 Å². The molecule has 1 aromatic carbocycles. The third kappa shape index (κ3) is 4.93. The molecular formula is C12H14F3N3O3. The van der Waals surface area contributed by atoms with Gasteiger partial charge in [-0.2, -0.15) is 13.2 Å². The number of benzene rings is 1. The van der Waals surface area contributed by atoms with E-state index in [0.717, 1.165) is 18.2 Å². The van der Waals surface area contributed by atoms with Crippen LogP contribution in [0.25, 0.3) is 0 Å². The number of hydrogen-bond donors (Lipinski definition) is 2. The second-order valence-corrected chi connectivity index (χ2v) is 4.43. The van der Waals surface area contributed by atoms with Crippen LogP contribution in [0.3, 0.4) is 0 Å². The number of carbonyl (C=O) groups excluding carboxylic acids is 1. The van der Waals surface area contributed by atoms with Gasteiger partial charge in [-0.1, -0.05) is 6.92 Å². The predicted octanol–water partition coefficient (Wildman–Crippen LogP) is 2.64. The van der Waals surface area contributed by atoms with Gasteiger partial charge >= 0.3 is 6.18 Å². The SMILES string of the molecule is CCC(CC(F)(F)F)NC(=O)c1cc([N+](=O)[O-])ccc1N. The summed E-state index contributed by atoms with van der Waals surface area (Å²) in [7, 11) is 0. The van der Waals surface area contributed by atoms with Gasteiger partial charge < -0.3 is 11.1 Å². The normalized spacial score (nSPS) is 12.8. The van der Waals surface area contributed by atoms with E-state index >= 15 is 0 Å². The van der Waals surface area contributed by atoms with Crippen LogP contribution in [-0.4, -0.2) is 23.0 Å². The molecule has 0 bridgehead atoms. The number of alkyl halides is 3. The van der Waals surface area contributed by atoms with Crippen molar-refractivity contribution in [2.24, 2.45) is 0 Å². The van der Waals surface area contributed by atoms with Crippen molar-refractivity contribution in [2.75, 3.05) is 5.73 Å². The molecule has 0 saturated carbocycles. The molecule has 21 heavy (non-hydrogen) atoms. The van der Waals surface area contributed by atoms with E-state index in [4.69, 9.17) is 5.73 Å². The topological polar surface area (TPSA) is 98.3 Å². The highest BCUT2D eigenvalue weighted by atomic mass is 19.4. The van der Waals surface area contributed by atoms with Gasteiger partial charge in [-0.15, -0.1) is 0 Å². The van der Waals surface area contributed by atoms with Crippen molar-refractivity contribution in [1.82, 2.24) is 5.32 Å². The summed E-state index contributed by atoms with van der Waals surface area (Å²) in [4.78, 5) is 21.8. The highest BCUT2D eigenvalue weighted by Crippen LogP contribution is 2.24. The van der Waals surface area contributed by atoms with Gasteiger partial charge in [-0.25, -0.2) is 0 Å². The summed E-state index contributed by atoms with van der Waals surface area (Å²) in [6, 6.07) is 2.10. The minimum Gasteiger partial charge on any atom is -0.398 e. The number of amides is 1. The first-order chi connectivity index (χ1) is 9.64. The van der Waals surface area contributed by atoms with Gasteiger partial charge in [0, 0.05) is 23.9 Å². The fraction of sp³-hybridized carbons (Fsp3) is 0.417. The Morgan fingerprint density at radius 2 is 2.10 bits per heavy atom. The largest absolute Gasteiger partial charge is 0.398 e. The van der Waals surface area contributed by atoms with Gasteiger partial charge in [0.25, 0.3) is 11.6 Å². The standard InChI is InChI=1S/C12H14F3N3O3/c1-2-7(6-12(13,14)15)17-11(19)9-5-8(18(20)21)3-4-10(9)16/h3-5,7H,2,6,16H2,1H3,(H,17,19). The highest BCUT2D eigenvalue weighted by Gasteiger charge is 2.32. The summed E-state index contributed by atoms with van der Waals surface area (Å²) in [5, 5.41) is 12.8. The van der Waals surface area contributed by atoms with Crippen LogP contribution in [0.15, 0.2) is 18.2 Å². The number of nitrogens with two attached hydrogens (primary N) is 1. The molecule has 0 aliphatic rings. The Balaban J connectivity index is 2.92. The minimum atomic E-state index is -4.41. The maximum Gasteiger partial charge on any atom is 0.391 e. The first-order valence-electron chi connectivity index (χ1n) is 6.05. The van der Waals surface area contributed by atoms with Gasteiger partial charge in [-0.05, 0) is 12.5 Å². The van der Waals surface area contributed by atoms with E-state index in [2.05, 4.69) is 5.32 Å². The van der Waals surface area contributed by atoms with Crippen LogP contribution in [0, 0.1) is 10.1 Å². The zero-order valence-corrected chi connectivity index (χ0v) is 11.1. The number of nitro groups is 1. The summed E-state index contributed by atoms with van der Waals surface area (Å²) in [5.74, 6) is -0.868. The van der Waals surface area contributed by atoms with Gasteiger partial charge in [0.1, 0.15) is 0 Å². The van der Waals surface area contributed by atoms with Crippen LogP contribution in [-0.2, 0) is 0 Å². The maximum absolute atomic E-state index is 12.3. The molecule has 3 N–H and O–H groups in total. The molecule has 0 heterocycles. The number of nitrogens with zero attached hydrogens (tertiary/aromatic N) is 1. The Bertz CT molecular complexity index is 546. The molecule has 1 rings (SSSR count). The van der Waals surface area contributed by atoms with Crippen LogP contribution in [0.2, 0.25) is 0 Å². The van der Waals surface area contributed by atoms with Crippen molar-refractivity contribution in [3.63, 3.8) is 0 Å². The van der Waals surface area contributed by atoms with E-state index in [9.17, 15) is 28.1 Å². The molecule has 0 fully saturated rings. The van der Waals surface area contributed by atoms with Crippen molar-refractivity contribution in [2.45, 2.75) is 32.0 Å². The average molecular weight is 305 g/mol. The fourth-order valence-electron chi connectivity index (χ4n) is 1.69. The quantitative estimate of drug-likeness (QED) is 0.496. The number of anilines is 1. The molecule has 116 valence electrons. The minimum absolute atomic E-state index is 0.0417. The smallest absolute Gasteiger partial charge is 0.391 e. The zero-order chi connectivity index (χ0) is 16.2. The predicted molar refractivity (Wildman–Crippen MR) is 69.7 cm³/mol. The molecule has 0 aliphatic carbocycles. The molecule has 1 atom stereocenters. The van der Waals surface area contributed by atoms with Gasteiger partial charge in [0.15, 0.2) is 0 Å². The number of rotatable bonds is 5. The Morgan fingerprint density at radius 3 is 2.57 bits per heavy atom. The maximum atomic E-state index is 12.3. The third-order valence-electron chi connectivity index (χ3n) is 2.80. The zero-order valence-electron chi connectivity index (χ0n) is 11.1. The molecule has 9 heteroatoms.